The zero-order valence-electron chi connectivity index (χ0n) is 19.6. The van der Waals surface area contributed by atoms with E-state index >= 15 is 0 Å². The molecule has 0 aliphatic carbocycles. The number of ether oxygens (including phenoxy) is 2. The lowest BCUT2D eigenvalue weighted by atomic mass is 9.87. The lowest BCUT2D eigenvalue weighted by molar-refractivity contribution is -0.201. The lowest BCUT2D eigenvalue weighted by Crippen LogP contribution is -2.49. The Bertz CT molecular complexity index is 641. The summed E-state index contributed by atoms with van der Waals surface area (Å²) in [6.07, 6.45) is 1.26. The zero-order chi connectivity index (χ0) is 22.4. The molecule has 0 bridgehead atoms. The Kier molecular flexibility index (Phi) is 6.50. The summed E-state index contributed by atoms with van der Waals surface area (Å²) in [4.78, 5) is 25.5. The molecule has 0 radical (unpaired) electrons. The molecule has 168 valence electrons. The second-order valence-corrected chi connectivity index (χ2v) is 11.1. The van der Waals surface area contributed by atoms with Gasteiger partial charge in [-0.3, -0.25) is 9.59 Å². The minimum atomic E-state index is -0.722. The summed E-state index contributed by atoms with van der Waals surface area (Å²) in [5.41, 5.74) is -1.69. The maximum atomic E-state index is 12.8. The van der Waals surface area contributed by atoms with Gasteiger partial charge in [-0.1, -0.05) is 6.92 Å². The lowest BCUT2D eigenvalue weighted by Gasteiger charge is -2.35. The third-order valence-electron chi connectivity index (χ3n) is 6.64. The highest BCUT2D eigenvalue weighted by atomic mass is 16.6. The second kappa shape index (κ2) is 7.82. The fourth-order valence-corrected chi connectivity index (χ4v) is 5.05. The van der Waals surface area contributed by atoms with Crippen molar-refractivity contribution < 1.29 is 24.3 Å². The van der Waals surface area contributed by atoms with Crippen LogP contribution in [-0.2, 0) is 19.1 Å². The normalized spacial score (nSPS) is 30.7. The summed E-state index contributed by atoms with van der Waals surface area (Å²) in [6, 6.07) is 0. The second-order valence-electron chi connectivity index (χ2n) is 11.1. The van der Waals surface area contributed by atoms with Crippen molar-refractivity contribution in [1.82, 2.24) is 10.4 Å². The number of esters is 2. The molecule has 7 heteroatoms. The summed E-state index contributed by atoms with van der Waals surface area (Å²) in [7, 11) is 0. The molecule has 0 spiro atoms. The van der Waals surface area contributed by atoms with E-state index in [0.717, 1.165) is 0 Å². The molecule has 29 heavy (non-hydrogen) atoms. The van der Waals surface area contributed by atoms with E-state index in [1.54, 1.807) is 0 Å². The van der Waals surface area contributed by atoms with Gasteiger partial charge in [-0.25, -0.2) is 0 Å². The first-order valence-corrected chi connectivity index (χ1v) is 10.7. The van der Waals surface area contributed by atoms with E-state index in [2.05, 4.69) is 19.2 Å². The molecule has 2 rings (SSSR count). The predicted molar refractivity (Wildman–Crippen MR) is 110 cm³/mol. The number of carbonyl (C=O) groups is 2. The Morgan fingerprint density at radius 1 is 1.03 bits per heavy atom. The van der Waals surface area contributed by atoms with Crippen molar-refractivity contribution in [3.63, 3.8) is 0 Å². The van der Waals surface area contributed by atoms with E-state index in [0.29, 0.717) is 19.3 Å². The van der Waals surface area contributed by atoms with Crippen LogP contribution in [0.2, 0.25) is 0 Å². The number of hydrogen-bond donors (Lipinski definition) is 2. The molecule has 2 N–H and O–H groups in total. The molecular formula is C22H40N2O5. The van der Waals surface area contributed by atoms with Gasteiger partial charge in [0.2, 0.25) is 0 Å². The summed E-state index contributed by atoms with van der Waals surface area (Å²) in [6.45, 7) is 17.6. The van der Waals surface area contributed by atoms with Gasteiger partial charge in [0.25, 0.3) is 0 Å². The van der Waals surface area contributed by atoms with E-state index < -0.39 is 23.1 Å². The van der Waals surface area contributed by atoms with Crippen LogP contribution in [0.25, 0.3) is 0 Å². The van der Waals surface area contributed by atoms with Crippen LogP contribution in [0.5, 0.6) is 0 Å². The Morgan fingerprint density at radius 3 is 2.03 bits per heavy atom. The molecule has 0 saturated carbocycles. The number of carbonyl (C=O) groups excluding carboxylic acids is 2. The minimum absolute atomic E-state index is 0.0491. The maximum absolute atomic E-state index is 12.8. The van der Waals surface area contributed by atoms with Crippen LogP contribution < -0.4 is 5.32 Å². The van der Waals surface area contributed by atoms with Crippen LogP contribution >= 0.6 is 0 Å². The van der Waals surface area contributed by atoms with Crippen LogP contribution in [-0.4, -0.2) is 57.1 Å². The molecule has 2 saturated heterocycles. The van der Waals surface area contributed by atoms with Gasteiger partial charge in [-0.05, 0) is 74.7 Å². The van der Waals surface area contributed by atoms with E-state index in [4.69, 9.17) is 9.47 Å². The molecule has 7 nitrogen and oxygen atoms in total. The van der Waals surface area contributed by atoms with Gasteiger partial charge >= 0.3 is 11.9 Å². The SMILES string of the molecule is CCC(COC(=O)C1CC(C)(C)NC1(C)C)OC(=O)C1CC(C)(C)N(O)C1(C)C. The zero-order valence-corrected chi connectivity index (χ0v) is 19.6. The average molecular weight is 413 g/mol. The van der Waals surface area contributed by atoms with E-state index in [1.807, 2.05) is 48.5 Å². The molecule has 2 aliphatic heterocycles. The number of rotatable bonds is 6. The monoisotopic (exact) mass is 412 g/mol. The van der Waals surface area contributed by atoms with Gasteiger partial charge in [0, 0.05) is 16.6 Å². The summed E-state index contributed by atoms with van der Waals surface area (Å²) in [5.74, 6) is -1.31. The van der Waals surface area contributed by atoms with Crippen molar-refractivity contribution in [1.29, 1.82) is 0 Å². The van der Waals surface area contributed by atoms with E-state index in [-0.39, 0.29) is 35.5 Å². The Morgan fingerprint density at radius 2 is 1.62 bits per heavy atom. The van der Waals surface area contributed by atoms with Crippen molar-refractivity contribution >= 4 is 11.9 Å². The highest BCUT2D eigenvalue weighted by Crippen LogP contribution is 2.44. The molecule has 2 aliphatic rings. The van der Waals surface area contributed by atoms with E-state index in [1.165, 1.54) is 5.06 Å². The Balaban J connectivity index is 1.96. The number of nitrogens with one attached hydrogen (secondary N) is 1. The van der Waals surface area contributed by atoms with Crippen LogP contribution in [0, 0.1) is 11.8 Å². The quantitative estimate of drug-likeness (QED) is 0.647. The van der Waals surface area contributed by atoms with E-state index in [9.17, 15) is 14.8 Å². The molecule has 3 unspecified atom stereocenters. The fraction of sp³-hybridized carbons (Fsp3) is 0.909. The third-order valence-corrected chi connectivity index (χ3v) is 6.64. The van der Waals surface area contributed by atoms with Crippen molar-refractivity contribution in [3.8, 4) is 0 Å². The highest BCUT2D eigenvalue weighted by Gasteiger charge is 2.55. The molecule has 0 amide bonds. The number of hydroxylamine groups is 2. The smallest absolute Gasteiger partial charge is 0.311 e. The molecular weight excluding hydrogens is 372 g/mol. The largest absolute Gasteiger partial charge is 0.461 e. The first-order chi connectivity index (χ1) is 13.0. The first-order valence-electron chi connectivity index (χ1n) is 10.7. The topological polar surface area (TPSA) is 88.1 Å². The van der Waals surface area contributed by atoms with Crippen LogP contribution in [0.4, 0.5) is 0 Å². The van der Waals surface area contributed by atoms with Crippen molar-refractivity contribution in [2.75, 3.05) is 6.61 Å². The molecule has 2 heterocycles. The molecule has 2 fully saturated rings. The maximum Gasteiger partial charge on any atom is 0.311 e. The average Bonchev–Trinajstić information content (AvgIpc) is 2.90. The standard InChI is InChI=1S/C22H40N2O5/c1-10-14(13-28-17(25)15-11-19(2,3)23-21(15,6)7)29-18(26)16-12-20(4,5)24(27)22(16,8)9/h14-16,23,27H,10-13H2,1-9H3. The fourth-order valence-electron chi connectivity index (χ4n) is 5.05. The molecule has 0 aromatic carbocycles. The van der Waals surface area contributed by atoms with Crippen molar-refractivity contribution in [2.24, 2.45) is 11.8 Å². The van der Waals surface area contributed by atoms with Crippen LogP contribution in [0.3, 0.4) is 0 Å². The van der Waals surface area contributed by atoms with Crippen molar-refractivity contribution in [3.05, 3.63) is 0 Å². The van der Waals surface area contributed by atoms with Gasteiger partial charge < -0.3 is 20.0 Å². The summed E-state index contributed by atoms with van der Waals surface area (Å²) in [5, 5.41) is 15.2. The Hall–Kier alpha value is -1.18. The third kappa shape index (κ3) is 4.94. The van der Waals surface area contributed by atoms with Gasteiger partial charge in [-0.15, -0.1) is 0 Å². The minimum Gasteiger partial charge on any atom is -0.461 e. The van der Waals surface area contributed by atoms with Gasteiger partial charge in [-0.2, -0.15) is 5.06 Å². The Labute approximate surface area is 175 Å². The number of nitrogens with zero attached hydrogens (tertiary/aromatic N) is 1. The van der Waals surface area contributed by atoms with Gasteiger partial charge in [0.05, 0.1) is 17.4 Å². The first kappa shape index (κ1) is 24.1. The highest BCUT2D eigenvalue weighted by molar-refractivity contribution is 5.76. The van der Waals surface area contributed by atoms with Gasteiger partial charge in [0.15, 0.2) is 0 Å². The molecule has 3 atom stereocenters. The molecule has 0 aromatic heterocycles. The summed E-state index contributed by atoms with van der Waals surface area (Å²) < 4.78 is 11.3. The van der Waals surface area contributed by atoms with Crippen LogP contribution in [0.15, 0.2) is 0 Å². The van der Waals surface area contributed by atoms with Crippen molar-refractivity contribution in [2.45, 2.75) is 110 Å². The molecule has 0 aromatic rings. The predicted octanol–water partition coefficient (Wildman–Crippen LogP) is 3.29. The summed E-state index contributed by atoms with van der Waals surface area (Å²) >= 11 is 0. The number of hydrogen-bond acceptors (Lipinski definition) is 7. The van der Waals surface area contributed by atoms with Gasteiger partial charge in [0.1, 0.15) is 12.7 Å². The van der Waals surface area contributed by atoms with Crippen LogP contribution in [0.1, 0.15) is 81.6 Å².